The van der Waals surface area contributed by atoms with E-state index in [1.165, 1.54) is 17.7 Å². The molecule has 0 aliphatic rings. The van der Waals surface area contributed by atoms with Crippen LogP contribution in [0.3, 0.4) is 0 Å². The summed E-state index contributed by atoms with van der Waals surface area (Å²) in [5.41, 5.74) is 4.17. The van der Waals surface area contributed by atoms with E-state index in [1.807, 2.05) is 30.6 Å². The van der Waals surface area contributed by atoms with Crippen molar-refractivity contribution >= 4 is 26.8 Å². The molecule has 5 aromatic rings. The van der Waals surface area contributed by atoms with Crippen molar-refractivity contribution in [2.75, 3.05) is 0 Å². The molecule has 0 saturated heterocycles. The molecule has 32 heavy (non-hydrogen) atoms. The Balaban J connectivity index is 1.42. The number of aryl methyl sites for hydroxylation is 1. The molecule has 6 nitrogen and oxygen atoms in total. The Labute approximate surface area is 193 Å². The first-order valence-corrected chi connectivity index (χ1v) is 11.3. The normalized spacial score (nSPS) is 11.4. The minimum Gasteiger partial charge on any atom is -0.361 e. The first-order valence-electron chi connectivity index (χ1n) is 10.5. The lowest BCUT2D eigenvalue weighted by Crippen LogP contribution is -2.10. The number of hydrogen-bond acceptors (Lipinski definition) is 3. The van der Waals surface area contributed by atoms with E-state index in [2.05, 4.69) is 57.8 Å². The van der Waals surface area contributed by atoms with Gasteiger partial charge in [-0.1, -0.05) is 28.1 Å². The van der Waals surface area contributed by atoms with Crippen LogP contribution in [0.1, 0.15) is 34.9 Å². The van der Waals surface area contributed by atoms with E-state index >= 15 is 0 Å². The van der Waals surface area contributed by atoms with Crippen LogP contribution in [0.2, 0.25) is 0 Å². The second-order valence-corrected chi connectivity index (χ2v) is 8.77. The van der Waals surface area contributed by atoms with Crippen LogP contribution in [0.15, 0.2) is 65.7 Å². The number of rotatable bonds is 8. The number of hydrogen-bond donors (Lipinski definition) is 2. The number of H-pyrrole nitrogens is 2. The molecule has 0 amide bonds. The van der Waals surface area contributed by atoms with Gasteiger partial charge >= 0.3 is 0 Å². The summed E-state index contributed by atoms with van der Waals surface area (Å²) in [6.45, 7) is 0.807. The van der Waals surface area contributed by atoms with E-state index in [1.54, 1.807) is 6.33 Å². The van der Waals surface area contributed by atoms with Crippen molar-refractivity contribution in [3.63, 3.8) is 0 Å². The van der Waals surface area contributed by atoms with Crippen LogP contribution in [-0.2, 0) is 25.8 Å². The summed E-state index contributed by atoms with van der Waals surface area (Å²) < 4.78 is 16.8. The van der Waals surface area contributed by atoms with Crippen LogP contribution >= 0.6 is 15.9 Å². The zero-order chi connectivity index (χ0) is 21.9. The number of imidazole rings is 1. The summed E-state index contributed by atoms with van der Waals surface area (Å²) in [6.07, 6.45) is 8.68. The topological polar surface area (TPSA) is 75.2 Å². The van der Waals surface area contributed by atoms with Crippen molar-refractivity contribution in [1.82, 2.24) is 29.7 Å². The SMILES string of the molecule is Fc1ccc2c(Cc3nnc(Cc4cccc(Br)c4)n3CCCc3cnc[nH]3)c[nH]c2c1. The maximum absolute atomic E-state index is 13.6. The molecule has 8 heteroatoms. The second kappa shape index (κ2) is 9.08. The summed E-state index contributed by atoms with van der Waals surface area (Å²) in [4.78, 5) is 10.4. The minimum atomic E-state index is -0.246. The molecule has 5 rings (SSSR count). The van der Waals surface area contributed by atoms with Gasteiger partial charge in [-0.3, -0.25) is 0 Å². The highest BCUT2D eigenvalue weighted by Gasteiger charge is 2.15. The van der Waals surface area contributed by atoms with Gasteiger partial charge in [0.1, 0.15) is 17.5 Å². The van der Waals surface area contributed by atoms with E-state index in [9.17, 15) is 4.39 Å². The molecule has 0 fully saturated rings. The molecule has 0 saturated carbocycles. The second-order valence-electron chi connectivity index (χ2n) is 7.85. The molecule has 0 aliphatic heterocycles. The van der Waals surface area contributed by atoms with Crippen LogP contribution in [0.5, 0.6) is 0 Å². The van der Waals surface area contributed by atoms with Gasteiger partial charge in [0, 0.05) is 52.8 Å². The first-order chi connectivity index (χ1) is 15.7. The van der Waals surface area contributed by atoms with Gasteiger partial charge in [-0.05, 0) is 54.3 Å². The van der Waals surface area contributed by atoms with Crippen molar-refractivity contribution in [1.29, 1.82) is 0 Å². The molecule has 2 aromatic carbocycles. The molecule has 0 bridgehead atoms. The molecular weight excluding hydrogens is 471 g/mol. The van der Waals surface area contributed by atoms with Gasteiger partial charge in [-0.2, -0.15) is 0 Å². The van der Waals surface area contributed by atoms with E-state index in [-0.39, 0.29) is 5.82 Å². The Kier molecular flexibility index (Phi) is 5.85. The van der Waals surface area contributed by atoms with E-state index in [0.717, 1.165) is 57.7 Å². The predicted molar refractivity (Wildman–Crippen MR) is 125 cm³/mol. The Hall–Kier alpha value is -3.26. The fraction of sp³-hybridized carbons (Fsp3) is 0.208. The summed E-state index contributed by atoms with van der Waals surface area (Å²) in [7, 11) is 0. The zero-order valence-corrected chi connectivity index (χ0v) is 18.9. The van der Waals surface area contributed by atoms with Gasteiger partial charge in [-0.15, -0.1) is 10.2 Å². The van der Waals surface area contributed by atoms with E-state index in [4.69, 9.17) is 0 Å². The lowest BCUT2D eigenvalue weighted by atomic mass is 10.1. The maximum Gasteiger partial charge on any atom is 0.137 e. The van der Waals surface area contributed by atoms with Crippen molar-refractivity contribution in [3.05, 3.63) is 99.9 Å². The van der Waals surface area contributed by atoms with E-state index < -0.39 is 0 Å². The molecule has 0 aliphatic carbocycles. The molecule has 162 valence electrons. The van der Waals surface area contributed by atoms with Gasteiger partial charge in [0.15, 0.2) is 0 Å². The predicted octanol–water partition coefficient (Wildman–Crippen LogP) is 5.20. The number of aromatic nitrogens is 6. The number of benzene rings is 2. The maximum atomic E-state index is 13.6. The summed E-state index contributed by atoms with van der Waals surface area (Å²) in [6, 6.07) is 13.1. The summed E-state index contributed by atoms with van der Waals surface area (Å²) >= 11 is 3.55. The van der Waals surface area contributed by atoms with Gasteiger partial charge < -0.3 is 14.5 Å². The van der Waals surface area contributed by atoms with Crippen molar-refractivity contribution in [2.24, 2.45) is 0 Å². The molecular formula is C24H22BrFN6. The lowest BCUT2D eigenvalue weighted by molar-refractivity contribution is 0.593. The van der Waals surface area contributed by atoms with Crippen molar-refractivity contribution in [2.45, 2.75) is 32.2 Å². The highest BCUT2D eigenvalue weighted by Crippen LogP contribution is 2.23. The molecule has 0 spiro atoms. The zero-order valence-electron chi connectivity index (χ0n) is 17.4. The van der Waals surface area contributed by atoms with Crippen LogP contribution in [0.4, 0.5) is 4.39 Å². The number of halogens is 2. The lowest BCUT2D eigenvalue weighted by Gasteiger charge is -2.11. The van der Waals surface area contributed by atoms with Crippen molar-refractivity contribution < 1.29 is 4.39 Å². The fourth-order valence-electron chi connectivity index (χ4n) is 4.05. The smallest absolute Gasteiger partial charge is 0.137 e. The molecule has 2 N–H and O–H groups in total. The molecule has 0 atom stereocenters. The van der Waals surface area contributed by atoms with Crippen LogP contribution in [0.25, 0.3) is 10.9 Å². The van der Waals surface area contributed by atoms with Crippen LogP contribution in [0, 0.1) is 5.82 Å². The number of nitrogens with one attached hydrogen (secondary N) is 2. The summed E-state index contributed by atoms with van der Waals surface area (Å²) in [5.74, 6) is 1.60. The first kappa shape index (κ1) is 20.6. The Morgan fingerprint density at radius 3 is 2.69 bits per heavy atom. The third-order valence-electron chi connectivity index (χ3n) is 5.62. The third-order valence-corrected chi connectivity index (χ3v) is 6.11. The largest absolute Gasteiger partial charge is 0.361 e. The van der Waals surface area contributed by atoms with Gasteiger partial charge in [0.05, 0.1) is 6.33 Å². The highest BCUT2D eigenvalue weighted by molar-refractivity contribution is 9.10. The number of aromatic amines is 2. The van der Waals surface area contributed by atoms with E-state index in [0.29, 0.717) is 12.8 Å². The quantitative estimate of drug-likeness (QED) is 0.312. The Bertz CT molecular complexity index is 1340. The monoisotopic (exact) mass is 492 g/mol. The van der Waals surface area contributed by atoms with Gasteiger partial charge in [-0.25, -0.2) is 9.37 Å². The molecule has 0 unspecified atom stereocenters. The molecule has 3 aromatic heterocycles. The standard InChI is InChI=1S/C24H22BrFN6/c25-18-4-1-3-16(9-18)10-23-30-31-24(32(23)8-2-5-20-14-27-15-29-20)11-17-13-28-22-12-19(26)6-7-21(17)22/h1,3-4,6-7,9,12-15,28H,2,5,8,10-11H2,(H,27,29). The van der Waals surface area contributed by atoms with Crippen molar-refractivity contribution in [3.8, 4) is 0 Å². The average Bonchev–Trinajstić information content (AvgIpc) is 3.51. The summed E-state index contributed by atoms with van der Waals surface area (Å²) in [5, 5.41) is 10.1. The Morgan fingerprint density at radius 1 is 1.00 bits per heavy atom. The van der Waals surface area contributed by atoms with Gasteiger partial charge in [0.2, 0.25) is 0 Å². The molecule has 0 radical (unpaired) electrons. The Morgan fingerprint density at radius 2 is 1.88 bits per heavy atom. The molecule has 3 heterocycles. The van der Waals surface area contributed by atoms with Crippen LogP contribution < -0.4 is 0 Å². The highest BCUT2D eigenvalue weighted by atomic mass is 79.9. The fourth-order valence-corrected chi connectivity index (χ4v) is 4.49. The number of nitrogens with zero attached hydrogens (tertiary/aromatic N) is 4. The minimum absolute atomic E-state index is 0.246. The third kappa shape index (κ3) is 4.50. The average molecular weight is 493 g/mol. The van der Waals surface area contributed by atoms with Gasteiger partial charge in [0.25, 0.3) is 0 Å². The number of fused-ring (bicyclic) bond motifs is 1. The van der Waals surface area contributed by atoms with Crippen LogP contribution in [-0.4, -0.2) is 29.7 Å².